The fourth-order valence-electron chi connectivity index (χ4n) is 2.41. The maximum absolute atomic E-state index is 13.1. The highest BCUT2D eigenvalue weighted by molar-refractivity contribution is 9.10. The molecule has 0 aliphatic carbocycles. The first-order valence-electron chi connectivity index (χ1n) is 6.60. The molecule has 0 radical (unpaired) electrons. The molecule has 1 aromatic carbocycles. The zero-order valence-corrected chi connectivity index (χ0v) is 13.2. The maximum Gasteiger partial charge on any atom is 0.255 e. The Hall–Kier alpha value is -1.63. The molecule has 1 amide bonds. The zero-order chi connectivity index (χ0) is 15.6. The summed E-state index contributed by atoms with van der Waals surface area (Å²) in [7, 11) is 0. The Bertz CT molecular complexity index is 584. The van der Waals surface area contributed by atoms with Crippen LogP contribution in [-0.2, 0) is 0 Å². The molecule has 7 heteroatoms. The van der Waals surface area contributed by atoms with Crippen LogP contribution >= 0.6 is 15.9 Å². The number of benzene rings is 1. The summed E-state index contributed by atoms with van der Waals surface area (Å²) in [4.78, 5) is 14.1. The van der Waals surface area contributed by atoms with E-state index in [0.29, 0.717) is 36.0 Å². The molecule has 0 unspecified atom stereocenters. The van der Waals surface area contributed by atoms with E-state index < -0.39 is 11.2 Å². The van der Waals surface area contributed by atoms with Crippen LogP contribution in [0.1, 0.15) is 30.1 Å². The van der Waals surface area contributed by atoms with Crippen molar-refractivity contribution in [3.8, 4) is 0 Å². The number of oxime groups is 1. The van der Waals surface area contributed by atoms with Gasteiger partial charge in [-0.2, -0.15) is 0 Å². The molecule has 21 heavy (non-hydrogen) atoms. The Kier molecular flexibility index (Phi) is 4.51. The molecule has 0 saturated carbocycles. The highest BCUT2D eigenvalue weighted by Gasteiger charge is 2.36. The number of halogens is 2. The average Bonchev–Trinajstić information content (AvgIpc) is 2.46. The van der Waals surface area contributed by atoms with Gasteiger partial charge in [0.1, 0.15) is 11.7 Å². The number of likely N-dealkylation sites (tertiary alicyclic amines) is 1. The second-order valence-electron chi connectivity index (χ2n) is 5.46. The largest absolute Gasteiger partial charge is 0.409 e. The summed E-state index contributed by atoms with van der Waals surface area (Å²) in [6.07, 6.45) is 1.24. The molecule has 0 spiro atoms. The molecular weight excluding hydrogens is 341 g/mol. The van der Waals surface area contributed by atoms with Gasteiger partial charge in [0.15, 0.2) is 0 Å². The van der Waals surface area contributed by atoms with Crippen LogP contribution in [0.2, 0.25) is 0 Å². The standard InChI is InChI=1S/C14H17BrFN3O2/c1-14(13(17)18-21)4-6-19(7-5-14)12(20)10-3-2-9(16)8-11(10)15/h2-3,8,21H,4-7H2,1H3,(H2,17,18). The molecule has 1 aliphatic rings. The van der Waals surface area contributed by atoms with Crippen LogP contribution in [0.5, 0.6) is 0 Å². The van der Waals surface area contributed by atoms with Crippen LogP contribution in [0, 0.1) is 11.2 Å². The van der Waals surface area contributed by atoms with E-state index in [9.17, 15) is 9.18 Å². The average molecular weight is 358 g/mol. The van der Waals surface area contributed by atoms with E-state index >= 15 is 0 Å². The van der Waals surface area contributed by atoms with E-state index in [2.05, 4.69) is 21.1 Å². The van der Waals surface area contributed by atoms with E-state index in [4.69, 9.17) is 10.9 Å². The summed E-state index contributed by atoms with van der Waals surface area (Å²) >= 11 is 3.21. The van der Waals surface area contributed by atoms with Crippen LogP contribution < -0.4 is 5.73 Å². The Balaban J connectivity index is 2.10. The second-order valence-corrected chi connectivity index (χ2v) is 6.32. The lowest BCUT2D eigenvalue weighted by Gasteiger charge is -2.38. The molecule has 1 saturated heterocycles. The van der Waals surface area contributed by atoms with Crippen molar-refractivity contribution in [3.05, 3.63) is 34.1 Å². The Morgan fingerprint density at radius 1 is 1.48 bits per heavy atom. The van der Waals surface area contributed by atoms with Crippen molar-refractivity contribution in [2.24, 2.45) is 16.3 Å². The van der Waals surface area contributed by atoms with Gasteiger partial charge in [-0.1, -0.05) is 12.1 Å². The van der Waals surface area contributed by atoms with Crippen molar-refractivity contribution in [2.75, 3.05) is 13.1 Å². The number of amidine groups is 1. The fourth-order valence-corrected chi connectivity index (χ4v) is 2.93. The SMILES string of the molecule is CC1(/C(N)=N/O)CCN(C(=O)c2ccc(F)cc2Br)CC1. The zero-order valence-electron chi connectivity index (χ0n) is 11.6. The van der Waals surface area contributed by atoms with Gasteiger partial charge < -0.3 is 15.8 Å². The maximum atomic E-state index is 13.1. The predicted molar refractivity (Wildman–Crippen MR) is 80.8 cm³/mol. The number of hydrogen-bond acceptors (Lipinski definition) is 3. The van der Waals surface area contributed by atoms with Gasteiger partial charge in [0.2, 0.25) is 0 Å². The van der Waals surface area contributed by atoms with Crippen molar-refractivity contribution in [2.45, 2.75) is 19.8 Å². The minimum absolute atomic E-state index is 0.150. The Morgan fingerprint density at radius 2 is 2.10 bits per heavy atom. The summed E-state index contributed by atoms with van der Waals surface area (Å²) in [5.41, 5.74) is 5.74. The van der Waals surface area contributed by atoms with Gasteiger partial charge in [-0.25, -0.2) is 4.39 Å². The van der Waals surface area contributed by atoms with Crippen LogP contribution in [0.25, 0.3) is 0 Å². The van der Waals surface area contributed by atoms with Crippen LogP contribution in [0.3, 0.4) is 0 Å². The molecule has 0 atom stereocenters. The highest BCUT2D eigenvalue weighted by Crippen LogP contribution is 2.32. The first-order chi connectivity index (χ1) is 9.87. The molecule has 114 valence electrons. The van der Waals surface area contributed by atoms with Gasteiger partial charge in [-0.05, 0) is 47.0 Å². The summed E-state index contributed by atoms with van der Waals surface area (Å²) in [5, 5.41) is 11.9. The molecule has 0 bridgehead atoms. The van der Waals surface area contributed by atoms with Gasteiger partial charge in [0, 0.05) is 23.0 Å². The third kappa shape index (κ3) is 3.18. The third-order valence-electron chi connectivity index (χ3n) is 4.04. The molecule has 1 fully saturated rings. The van der Waals surface area contributed by atoms with E-state index in [1.165, 1.54) is 18.2 Å². The number of carbonyl (C=O) groups excluding carboxylic acids is 1. The lowest BCUT2D eigenvalue weighted by Crippen LogP contribution is -2.47. The monoisotopic (exact) mass is 357 g/mol. The summed E-state index contributed by atoms with van der Waals surface area (Å²) < 4.78 is 13.5. The van der Waals surface area contributed by atoms with Crippen molar-refractivity contribution in [1.29, 1.82) is 0 Å². The fraction of sp³-hybridized carbons (Fsp3) is 0.429. The predicted octanol–water partition coefficient (Wildman–Crippen LogP) is 2.58. The number of nitrogens with zero attached hydrogens (tertiary/aromatic N) is 2. The first kappa shape index (κ1) is 15.8. The van der Waals surface area contributed by atoms with Crippen molar-refractivity contribution >= 4 is 27.7 Å². The van der Waals surface area contributed by atoms with Gasteiger partial charge in [0.05, 0.1) is 5.56 Å². The van der Waals surface area contributed by atoms with Crippen molar-refractivity contribution in [1.82, 2.24) is 4.90 Å². The summed E-state index contributed by atoms with van der Waals surface area (Å²) in [6.45, 7) is 2.93. The van der Waals surface area contributed by atoms with E-state index in [1.54, 1.807) is 4.90 Å². The molecule has 5 nitrogen and oxygen atoms in total. The quantitative estimate of drug-likeness (QED) is 0.369. The van der Waals surface area contributed by atoms with Crippen molar-refractivity contribution in [3.63, 3.8) is 0 Å². The normalized spacial score (nSPS) is 18.6. The van der Waals surface area contributed by atoms with Crippen LogP contribution in [0.4, 0.5) is 4.39 Å². The third-order valence-corrected chi connectivity index (χ3v) is 4.70. The first-order valence-corrected chi connectivity index (χ1v) is 7.39. The van der Waals surface area contributed by atoms with Gasteiger partial charge in [-0.15, -0.1) is 0 Å². The Labute approximate surface area is 130 Å². The summed E-state index contributed by atoms with van der Waals surface area (Å²) in [5.74, 6) is -0.349. The number of carbonyl (C=O) groups is 1. The molecular formula is C14H17BrFN3O2. The molecule has 1 heterocycles. The van der Waals surface area contributed by atoms with E-state index in [0.717, 1.165) is 0 Å². The van der Waals surface area contributed by atoms with Gasteiger partial charge in [-0.3, -0.25) is 4.79 Å². The van der Waals surface area contributed by atoms with Crippen LogP contribution in [0.15, 0.2) is 27.8 Å². The molecule has 0 aromatic heterocycles. The summed E-state index contributed by atoms with van der Waals surface area (Å²) in [6, 6.07) is 4.01. The van der Waals surface area contributed by atoms with Crippen LogP contribution in [-0.4, -0.2) is 34.9 Å². The Morgan fingerprint density at radius 3 is 2.62 bits per heavy atom. The minimum atomic E-state index is -0.397. The van der Waals surface area contributed by atoms with Gasteiger partial charge >= 0.3 is 0 Å². The number of hydrogen-bond donors (Lipinski definition) is 2. The lowest BCUT2D eigenvalue weighted by molar-refractivity contribution is 0.0665. The highest BCUT2D eigenvalue weighted by atomic mass is 79.9. The number of rotatable bonds is 2. The number of nitrogens with two attached hydrogens (primary N) is 1. The molecule has 3 N–H and O–H groups in total. The number of piperidine rings is 1. The van der Waals surface area contributed by atoms with Gasteiger partial charge in [0.25, 0.3) is 5.91 Å². The van der Waals surface area contributed by atoms with E-state index in [-0.39, 0.29) is 11.7 Å². The lowest BCUT2D eigenvalue weighted by atomic mass is 9.79. The molecule has 1 aliphatic heterocycles. The number of amides is 1. The smallest absolute Gasteiger partial charge is 0.255 e. The molecule has 2 rings (SSSR count). The molecule has 1 aromatic rings. The second kappa shape index (κ2) is 6.01. The topological polar surface area (TPSA) is 78.9 Å². The van der Waals surface area contributed by atoms with E-state index in [1.807, 2.05) is 6.92 Å². The minimum Gasteiger partial charge on any atom is -0.409 e. The van der Waals surface area contributed by atoms with Crippen molar-refractivity contribution < 1.29 is 14.4 Å².